The van der Waals surface area contributed by atoms with Gasteiger partial charge in [0.05, 0.1) is 12.2 Å². The summed E-state index contributed by atoms with van der Waals surface area (Å²) in [6.45, 7) is 8.31. The van der Waals surface area contributed by atoms with Gasteiger partial charge in [0.25, 0.3) is 10.0 Å². The van der Waals surface area contributed by atoms with Gasteiger partial charge in [-0.25, -0.2) is 8.42 Å². The van der Waals surface area contributed by atoms with Gasteiger partial charge in [0.15, 0.2) is 5.65 Å². The van der Waals surface area contributed by atoms with Gasteiger partial charge in [0, 0.05) is 12.6 Å². The van der Waals surface area contributed by atoms with Crippen LogP contribution in [0.15, 0.2) is 65.7 Å². The molecule has 2 aromatic heterocycles. The minimum Gasteiger partial charge on any atom is -0.285 e. The molecule has 0 N–H and O–H groups in total. The summed E-state index contributed by atoms with van der Waals surface area (Å²) in [5, 5.41) is 8.39. The Hall–Kier alpha value is -3.19. The third-order valence-electron chi connectivity index (χ3n) is 5.80. The molecule has 0 bridgehead atoms. The first kappa shape index (κ1) is 22.0. The van der Waals surface area contributed by atoms with Gasteiger partial charge in [-0.05, 0) is 61.2 Å². The van der Waals surface area contributed by atoms with Crippen molar-refractivity contribution >= 4 is 21.4 Å². The van der Waals surface area contributed by atoms with Crippen molar-refractivity contribution in [3.05, 3.63) is 88.9 Å². The molecule has 166 valence electrons. The second-order valence-electron chi connectivity index (χ2n) is 8.00. The SMILES string of the molecule is CCc1ccc(N(Cc2cc(C)ccc2C)S(=O)(=O)c2cccn3c(CC)nnc23)cc1. The Kier molecular flexibility index (Phi) is 6.02. The van der Waals surface area contributed by atoms with Crippen LogP contribution in [0.25, 0.3) is 5.65 Å². The van der Waals surface area contributed by atoms with Crippen LogP contribution < -0.4 is 4.31 Å². The number of pyridine rings is 1. The highest BCUT2D eigenvalue weighted by molar-refractivity contribution is 7.93. The van der Waals surface area contributed by atoms with Gasteiger partial charge in [-0.1, -0.05) is 49.7 Å². The van der Waals surface area contributed by atoms with Crippen LogP contribution in [-0.4, -0.2) is 23.0 Å². The van der Waals surface area contributed by atoms with E-state index in [9.17, 15) is 8.42 Å². The molecule has 0 spiro atoms. The van der Waals surface area contributed by atoms with Crippen molar-refractivity contribution in [1.82, 2.24) is 14.6 Å². The zero-order valence-electron chi connectivity index (χ0n) is 18.9. The largest absolute Gasteiger partial charge is 0.285 e. The molecule has 0 unspecified atom stereocenters. The average molecular weight is 449 g/mol. The molecule has 0 fully saturated rings. The molecular formula is C25H28N4O2S. The number of nitrogens with zero attached hydrogens (tertiary/aromatic N) is 4. The number of benzene rings is 2. The number of aromatic nitrogens is 3. The molecule has 6 nitrogen and oxygen atoms in total. The Morgan fingerprint density at radius 2 is 1.69 bits per heavy atom. The van der Waals surface area contributed by atoms with Crippen LogP contribution in [0, 0.1) is 13.8 Å². The predicted molar refractivity (Wildman–Crippen MR) is 127 cm³/mol. The molecule has 0 amide bonds. The van der Waals surface area contributed by atoms with Gasteiger partial charge in [-0.2, -0.15) is 0 Å². The maximum atomic E-state index is 14.0. The van der Waals surface area contributed by atoms with E-state index in [4.69, 9.17) is 0 Å². The Labute approximate surface area is 189 Å². The molecule has 0 atom stereocenters. The van der Waals surface area contributed by atoms with Gasteiger partial charge < -0.3 is 0 Å². The average Bonchev–Trinajstić information content (AvgIpc) is 3.23. The number of rotatable bonds is 7. The van der Waals surface area contributed by atoms with Gasteiger partial charge >= 0.3 is 0 Å². The smallest absolute Gasteiger partial charge is 0.268 e. The molecule has 0 saturated carbocycles. The summed E-state index contributed by atoms with van der Waals surface area (Å²) in [4.78, 5) is 0.150. The topological polar surface area (TPSA) is 67.6 Å². The van der Waals surface area contributed by atoms with E-state index >= 15 is 0 Å². The first-order valence-electron chi connectivity index (χ1n) is 10.9. The summed E-state index contributed by atoms with van der Waals surface area (Å²) < 4.78 is 31.3. The molecule has 4 aromatic rings. The van der Waals surface area contributed by atoms with Crippen LogP contribution in [0.4, 0.5) is 5.69 Å². The second kappa shape index (κ2) is 8.74. The van der Waals surface area contributed by atoms with E-state index in [0.29, 0.717) is 17.8 Å². The Morgan fingerprint density at radius 3 is 2.38 bits per heavy atom. The second-order valence-corrected chi connectivity index (χ2v) is 9.83. The van der Waals surface area contributed by atoms with E-state index < -0.39 is 10.0 Å². The Morgan fingerprint density at radius 1 is 0.938 bits per heavy atom. The maximum absolute atomic E-state index is 14.0. The molecular weight excluding hydrogens is 420 g/mol. The summed E-state index contributed by atoms with van der Waals surface area (Å²) in [5.41, 5.74) is 5.24. The van der Waals surface area contributed by atoms with Gasteiger partial charge in [-0.15, -0.1) is 10.2 Å². The Balaban J connectivity index is 1.88. The minimum absolute atomic E-state index is 0.150. The number of anilines is 1. The highest BCUT2D eigenvalue weighted by Crippen LogP contribution is 2.29. The summed E-state index contributed by atoms with van der Waals surface area (Å²) in [6.07, 6.45) is 3.36. The predicted octanol–water partition coefficient (Wildman–Crippen LogP) is 4.87. The molecule has 7 heteroatoms. The van der Waals surface area contributed by atoms with Crippen LogP contribution in [0.5, 0.6) is 0 Å². The highest BCUT2D eigenvalue weighted by Gasteiger charge is 2.29. The van der Waals surface area contributed by atoms with Crippen LogP contribution in [0.3, 0.4) is 0 Å². The van der Waals surface area contributed by atoms with Crippen LogP contribution in [0.2, 0.25) is 0 Å². The maximum Gasteiger partial charge on any atom is 0.268 e. The lowest BCUT2D eigenvalue weighted by Gasteiger charge is -2.26. The summed E-state index contributed by atoms with van der Waals surface area (Å²) >= 11 is 0. The number of hydrogen-bond donors (Lipinski definition) is 0. The van der Waals surface area contributed by atoms with E-state index in [-0.39, 0.29) is 11.4 Å². The summed E-state index contributed by atoms with van der Waals surface area (Å²) in [6, 6.07) is 17.2. The van der Waals surface area contributed by atoms with E-state index in [2.05, 4.69) is 17.1 Å². The van der Waals surface area contributed by atoms with E-state index in [0.717, 1.165) is 34.5 Å². The third kappa shape index (κ3) is 4.00. The fraction of sp³-hybridized carbons (Fsp3) is 0.280. The number of hydrogen-bond acceptors (Lipinski definition) is 4. The first-order chi connectivity index (χ1) is 15.3. The quantitative estimate of drug-likeness (QED) is 0.405. The number of fused-ring (bicyclic) bond motifs is 1. The normalized spacial score (nSPS) is 11.8. The molecule has 4 rings (SSSR count). The van der Waals surface area contributed by atoms with Crippen molar-refractivity contribution in [3.63, 3.8) is 0 Å². The highest BCUT2D eigenvalue weighted by atomic mass is 32.2. The third-order valence-corrected chi connectivity index (χ3v) is 7.60. The molecule has 2 aromatic carbocycles. The molecule has 0 radical (unpaired) electrons. The van der Waals surface area contributed by atoms with Gasteiger partial charge in [-0.3, -0.25) is 8.71 Å². The van der Waals surface area contributed by atoms with Gasteiger partial charge in [0.2, 0.25) is 0 Å². The van der Waals surface area contributed by atoms with E-state index in [1.807, 2.05) is 63.2 Å². The number of sulfonamides is 1. The summed E-state index contributed by atoms with van der Waals surface area (Å²) in [7, 11) is -3.91. The molecule has 0 aliphatic rings. The minimum atomic E-state index is -3.91. The van der Waals surface area contributed by atoms with Crippen LogP contribution >= 0.6 is 0 Å². The van der Waals surface area contributed by atoms with Crippen molar-refractivity contribution in [2.75, 3.05) is 4.31 Å². The van der Waals surface area contributed by atoms with Gasteiger partial charge in [0.1, 0.15) is 10.7 Å². The van der Waals surface area contributed by atoms with Crippen molar-refractivity contribution < 1.29 is 8.42 Å². The zero-order chi connectivity index (χ0) is 22.9. The molecule has 0 saturated heterocycles. The lowest BCUT2D eigenvalue weighted by Crippen LogP contribution is -2.31. The molecule has 0 aliphatic heterocycles. The van der Waals surface area contributed by atoms with Crippen LogP contribution in [0.1, 0.15) is 41.9 Å². The monoisotopic (exact) mass is 448 g/mol. The lowest BCUT2D eigenvalue weighted by molar-refractivity contribution is 0.590. The fourth-order valence-corrected chi connectivity index (χ4v) is 5.40. The standard InChI is InChI=1S/C25H28N4O2S/c1-5-20-11-13-22(14-12-20)29(17-21-16-18(3)9-10-19(21)4)32(30,31)23-8-7-15-28-24(6-2)26-27-25(23)28/h7-16H,5-6,17H2,1-4H3. The van der Waals surface area contributed by atoms with Crippen molar-refractivity contribution in [2.45, 2.75) is 52.0 Å². The van der Waals surface area contributed by atoms with Crippen LogP contribution in [-0.2, 0) is 29.4 Å². The van der Waals surface area contributed by atoms with Crippen molar-refractivity contribution in [1.29, 1.82) is 0 Å². The lowest BCUT2D eigenvalue weighted by atomic mass is 10.1. The van der Waals surface area contributed by atoms with Crippen molar-refractivity contribution in [3.8, 4) is 0 Å². The molecule has 32 heavy (non-hydrogen) atoms. The molecule has 2 heterocycles. The first-order valence-corrected chi connectivity index (χ1v) is 12.3. The van der Waals surface area contributed by atoms with Crippen molar-refractivity contribution in [2.24, 2.45) is 0 Å². The fourth-order valence-electron chi connectivity index (χ4n) is 3.84. The van der Waals surface area contributed by atoms with E-state index in [1.54, 1.807) is 22.7 Å². The summed E-state index contributed by atoms with van der Waals surface area (Å²) in [5.74, 6) is 0.727. The Bertz CT molecular complexity index is 1360. The van der Waals surface area contributed by atoms with E-state index in [1.165, 1.54) is 4.31 Å². The zero-order valence-corrected chi connectivity index (χ0v) is 19.7. The molecule has 0 aliphatic carbocycles. The number of aryl methyl sites for hydroxylation is 4.